The minimum absolute atomic E-state index is 0.0198. The Morgan fingerprint density at radius 2 is 1.95 bits per heavy atom. The highest BCUT2D eigenvalue weighted by Crippen LogP contribution is 2.58. The molecule has 0 heterocycles. The van der Waals surface area contributed by atoms with Crippen LogP contribution in [0.1, 0.15) is 25.2 Å². The molecule has 0 aromatic heterocycles. The average molecular weight is 323 g/mol. The van der Waals surface area contributed by atoms with Gasteiger partial charge in [-0.05, 0) is 25.5 Å². The van der Waals surface area contributed by atoms with Crippen LogP contribution in [0, 0.1) is 10.1 Å². The fraction of sp³-hybridized carbons (Fsp3) is 0.455. The van der Waals surface area contributed by atoms with Crippen molar-refractivity contribution in [2.24, 2.45) is 5.73 Å². The SMILES string of the molecule is CCOP(=O)(OCC)[C@@H](N)c1ccc(Cl)c([N+](=O)[O-])c1. The number of nitrogens with zero attached hydrogens (tertiary/aromatic N) is 1. The Bertz CT molecular complexity index is 530. The third-order valence-electron chi connectivity index (χ3n) is 2.47. The number of nitro groups is 1. The first-order valence-electron chi connectivity index (χ1n) is 5.94. The molecular weight excluding hydrogens is 307 g/mol. The quantitative estimate of drug-likeness (QED) is 0.468. The third kappa shape index (κ3) is 3.77. The van der Waals surface area contributed by atoms with E-state index in [4.69, 9.17) is 26.4 Å². The molecule has 0 saturated carbocycles. The molecule has 0 unspecified atom stereocenters. The van der Waals surface area contributed by atoms with Crippen LogP contribution < -0.4 is 5.73 Å². The van der Waals surface area contributed by atoms with E-state index in [9.17, 15) is 14.7 Å². The summed E-state index contributed by atoms with van der Waals surface area (Å²) < 4.78 is 22.8. The van der Waals surface area contributed by atoms with Gasteiger partial charge in [-0.1, -0.05) is 17.7 Å². The van der Waals surface area contributed by atoms with Crippen molar-refractivity contribution < 1.29 is 18.5 Å². The summed E-state index contributed by atoms with van der Waals surface area (Å²) in [5.74, 6) is -1.11. The van der Waals surface area contributed by atoms with E-state index in [2.05, 4.69) is 0 Å². The molecule has 7 nitrogen and oxygen atoms in total. The highest BCUT2D eigenvalue weighted by atomic mass is 35.5. The zero-order chi connectivity index (χ0) is 15.3. The lowest BCUT2D eigenvalue weighted by Crippen LogP contribution is -2.15. The van der Waals surface area contributed by atoms with Gasteiger partial charge in [0.1, 0.15) is 10.8 Å². The van der Waals surface area contributed by atoms with Crippen molar-refractivity contribution in [2.75, 3.05) is 13.2 Å². The van der Waals surface area contributed by atoms with Gasteiger partial charge in [0.05, 0.1) is 18.1 Å². The summed E-state index contributed by atoms with van der Waals surface area (Å²) in [4.78, 5) is 10.2. The van der Waals surface area contributed by atoms with Crippen molar-refractivity contribution in [1.82, 2.24) is 0 Å². The van der Waals surface area contributed by atoms with Gasteiger partial charge in [-0.3, -0.25) is 14.7 Å². The largest absolute Gasteiger partial charge is 0.351 e. The monoisotopic (exact) mass is 322 g/mol. The maximum absolute atomic E-state index is 12.5. The molecule has 112 valence electrons. The summed E-state index contributed by atoms with van der Waals surface area (Å²) in [6.45, 7) is 3.62. The second kappa shape index (κ2) is 7.15. The van der Waals surface area contributed by atoms with Crippen LogP contribution in [-0.2, 0) is 13.6 Å². The van der Waals surface area contributed by atoms with Gasteiger partial charge in [-0.25, -0.2) is 0 Å². The molecule has 0 saturated heterocycles. The fourth-order valence-electron chi connectivity index (χ4n) is 1.59. The zero-order valence-corrected chi connectivity index (χ0v) is 12.8. The van der Waals surface area contributed by atoms with E-state index in [-0.39, 0.29) is 29.5 Å². The van der Waals surface area contributed by atoms with Gasteiger partial charge in [-0.2, -0.15) is 0 Å². The van der Waals surface area contributed by atoms with Gasteiger partial charge in [0.15, 0.2) is 0 Å². The molecule has 2 N–H and O–H groups in total. The number of hydrogen-bond donors (Lipinski definition) is 1. The number of hydrogen-bond acceptors (Lipinski definition) is 6. The van der Waals surface area contributed by atoms with E-state index in [1.165, 1.54) is 18.2 Å². The summed E-state index contributed by atoms with van der Waals surface area (Å²) in [6, 6.07) is 3.97. The molecule has 1 atom stereocenters. The Morgan fingerprint density at radius 3 is 2.40 bits per heavy atom. The molecule has 0 aliphatic rings. The minimum Gasteiger partial charge on any atom is -0.314 e. The molecule has 0 bridgehead atoms. The summed E-state index contributed by atoms with van der Waals surface area (Å²) in [5, 5.41) is 10.8. The topological polar surface area (TPSA) is 105 Å². The molecule has 1 aromatic rings. The average Bonchev–Trinajstić information content (AvgIpc) is 2.38. The zero-order valence-electron chi connectivity index (χ0n) is 11.1. The molecule has 1 rings (SSSR count). The van der Waals surface area contributed by atoms with Crippen LogP contribution in [0.2, 0.25) is 5.02 Å². The van der Waals surface area contributed by atoms with Crippen molar-refractivity contribution in [3.63, 3.8) is 0 Å². The first-order chi connectivity index (χ1) is 9.35. The fourth-order valence-corrected chi connectivity index (χ4v) is 3.42. The lowest BCUT2D eigenvalue weighted by atomic mass is 10.2. The highest BCUT2D eigenvalue weighted by Gasteiger charge is 2.34. The van der Waals surface area contributed by atoms with E-state index in [0.29, 0.717) is 0 Å². The second-order valence-electron chi connectivity index (χ2n) is 3.79. The van der Waals surface area contributed by atoms with Gasteiger partial charge < -0.3 is 14.8 Å². The molecule has 0 amide bonds. The molecule has 0 aliphatic carbocycles. The Balaban J connectivity index is 3.18. The Labute approximate surface area is 121 Å². The van der Waals surface area contributed by atoms with E-state index < -0.39 is 18.3 Å². The van der Waals surface area contributed by atoms with Crippen molar-refractivity contribution in [3.05, 3.63) is 38.9 Å². The predicted octanol–water partition coefficient (Wildman–Crippen LogP) is 3.47. The van der Waals surface area contributed by atoms with Crippen molar-refractivity contribution >= 4 is 24.9 Å². The Kier molecular flexibility index (Phi) is 6.10. The van der Waals surface area contributed by atoms with Gasteiger partial charge in [0.2, 0.25) is 0 Å². The van der Waals surface area contributed by atoms with Gasteiger partial charge >= 0.3 is 7.60 Å². The predicted molar refractivity (Wildman–Crippen MR) is 75.9 cm³/mol. The highest BCUT2D eigenvalue weighted by molar-refractivity contribution is 7.54. The van der Waals surface area contributed by atoms with E-state index >= 15 is 0 Å². The van der Waals surface area contributed by atoms with Crippen LogP contribution in [-0.4, -0.2) is 18.1 Å². The van der Waals surface area contributed by atoms with Crippen LogP contribution in [0.25, 0.3) is 0 Å². The van der Waals surface area contributed by atoms with Crippen molar-refractivity contribution in [2.45, 2.75) is 19.6 Å². The number of nitrogens with two attached hydrogens (primary N) is 1. The molecule has 0 fully saturated rings. The maximum atomic E-state index is 12.5. The summed E-state index contributed by atoms with van der Waals surface area (Å²) in [5.41, 5.74) is 5.85. The first-order valence-corrected chi connectivity index (χ1v) is 7.93. The Hall–Kier alpha value is -0.980. The number of rotatable bonds is 7. The van der Waals surface area contributed by atoms with E-state index in [1.807, 2.05) is 0 Å². The lowest BCUT2D eigenvalue weighted by Gasteiger charge is -2.23. The van der Waals surface area contributed by atoms with Crippen molar-refractivity contribution in [3.8, 4) is 0 Å². The van der Waals surface area contributed by atoms with Crippen LogP contribution in [0.15, 0.2) is 18.2 Å². The van der Waals surface area contributed by atoms with Gasteiger partial charge in [-0.15, -0.1) is 0 Å². The number of halogens is 1. The molecule has 0 radical (unpaired) electrons. The molecule has 0 aliphatic heterocycles. The molecule has 0 spiro atoms. The molecule has 1 aromatic carbocycles. The molecule has 20 heavy (non-hydrogen) atoms. The minimum atomic E-state index is -3.59. The van der Waals surface area contributed by atoms with Crippen LogP contribution in [0.5, 0.6) is 0 Å². The second-order valence-corrected chi connectivity index (χ2v) is 6.35. The number of benzene rings is 1. The lowest BCUT2D eigenvalue weighted by molar-refractivity contribution is -0.384. The van der Waals surface area contributed by atoms with E-state index in [0.717, 1.165) is 0 Å². The number of nitro benzene ring substituents is 1. The molecule has 9 heteroatoms. The van der Waals surface area contributed by atoms with Crippen LogP contribution >= 0.6 is 19.2 Å². The van der Waals surface area contributed by atoms with E-state index in [1.54, 1.807) is 13.8 Å². The van der Waals surface area contributed by atoms with Gasteiger partial charge in [0.25, 0.3) is 5.69 Å². The van der Waals surface area contributed by atoms with Crippen LogP contribution in [0.4, 0.5) is 5.69 Å². The summed E-state index contributed by atoms with van der Waals surface area (Å²) in [7, 11) is -3.59. The third-order valence-corrected chi connectivity index (χ3v) is 5.00. The first kappa shape index (κ1) is 17.1. The Morgan fingerprint density at radius 1 is 1.40 bits per heavy atom. The normalized spacial score (nSPS) is 13.2. The smallest absolute Gasteiger partial charge is 0.314 e. The standard InChI is InChI=1S/C11H16ClN2O5P/c1-3-18-20(17,19-4-2)11(13)8-5-6-9(12)10(7-8)14(15)16/h5-7,11H,3-4,13H2,1-2H3/t11-/m1/s1. The molecular formula is C11H16ClN2O5P. The summed E-state index contributed by atoms with van der Waals surface area (Å²) in [6.07, 6.45) is 0. The summed E-state index contributed by atoms with van der Waals surface area (Å²) >= 11 is 5.72. The van der Waals surface area contributed by atoms with Crippen molar-refractivity contribution in [1.29, 1.82) is 0 Å². The maximum Gasteiger partial charge on any atom is 0.351 e. The van der Waals surface area contributed by atoms with Gasteiger partial charge in [0, 0.05) is 6.07 Å². The van der Waals surface area contributed by atoms with Crippen LogP contribution in [0.3, 0.4) is 0 Å².